The van der Waals surface area contributed by atoms with Gasteiger partial charge in [-0.15, -0.1) is 0 Å². The molecule has 1 aliphatic heterocycles. The summed E-state index contributed by atoms with van der Waals surface area (Å²) in [5.41, 5.74) is 2.52. The summed E-state index contributed by atoms with van der Waals surface area (Å²) in [4.78, 5) is 2.41. The van der Waals surface area contributed by atoms with Gasteiger partial charge in [-0.1, -0.05) is 26.0 Å². The van der Waals surface area contributed by atoms with Gasteiger partial charge >= 0.3 is 0 Å². The Kier molecular flexibility index (Phi) is 7.16. The van der Waals surface area contributed by atoms with E-state index in [0.29, 0.717) is 6.10 Å². The molecular weight excluding hydrogens is 276 g/mol. The lowest BCUT2D eigenvalue weighted by Gasteiger charge is -2.19. The van der Waals surface area contributed by atoms with Crippen molar-refractivity contribution < 1.29 is 9.47 Å². The van der Waals surface area contributed by atoms with Crippen molar-refractivity contribution in [2.45, 2.75) is 45.9 Å². The minimum atomic E-state index is 0.382. The molecule has 1 saturated heterocycles. The SMILES string of the molecule is CCN(CC)Cc1ccc(CNCC2CCCO2)c(OC)c1. The second-order valence-corrected chi connectivity index (χ2v) is 5.87. The van der Waals surface area contributed by atoms with Gasteiger partial charge in [0.2, 0.25) is 0 Å². The Morgan fingerprint density at radius 2 is 2.14 bits per heavy atom. The highest BCUT2D eigenvalue weighted by Crippen LogP contribution is 2.21. The molecule has 4 heteroatoms. The number of hydrogen-bond acceptors (Lipinski definition) is 4. The van der Waals surface area contributed by atoms with E-state index in [-0.39, 0.29) is 0 Å². The molecule has 2 rings (SSSR count). The second kappa shape index (κ2) is 9.13. The topological polar surface area (TPSA) is 33.7 Å². The molecule has 0 bridgehead atoms. The van der Waals surface area contributed by atoms with Crippen LogP contribution in [0, 0.1) is 0 Å². The molecule has 1 fully saturated rings. The molecule has 0 spiro atoms. The Balaban J connectivity index is 1.90. The van der Waals surface area contributed by atoms with Gasteiger partial charge in [-0.05, 0) is 37.6 Å². The summed E-state index contributed by atoms with van der Waals surface area (Å²) in [5, 5.41) is 3.49. The Hall–Kier alpha value is -1.10. The fourth-order valence-corrected chi connectivity index (χ4v) is 2.91. The number of hydrogen-bond donors (Lipinski definition) is 1. The van der Waals surface area contributed by atoms with Crippen molar-refractivity contribution >= 4 is 0 Å². The Morgan fingerprint density at radius 1 is 1.32 bits per heavy atom. The molecule has 0 radical (unpaired) electrons. The summed E-state index contributed by atoms with van der Waals surface area (Å²) < 4.78 is 11.2. The summed E-state index contributed by atoms with van der Waals surface area (Å²) in [7, 11) is 1.75. The van der Waals surface area contributed by atoms with Gasteiger partial charge in [-0.2, -0.15) is 0 Å². The van der Waals surface area contributed by atoms with Crippen LogP contribution in [0.4, 0.5) is 0 Å². The molecule has 1 unspecified atom stereocenters. The molecule has 1 aromatic rings. The molecule has 0 saturated carbocycles. The van der Waals surface area contributed by atoms with Crippen LogP contribution in [-0.4, -0.2) is 44.4 Å². The monoisotopic (exact) mass is 306 g/mol. The Morgan fingerprint density at radius 3 is 2.77 bits per heavy atom. The molecule has 1 aromatic carbocycles. The van der Waals surface area contributed by atoms with Crippen molar-refractivity contribution in [1.29, 1.82) is 0 Å². The Bertz CT molecular complexity index is 441. The van der Waals surface area contributed by atoms with Crippen LogP contribution in [-0.2, 0) is 17.8 Å². The molecular formula is C18H30N2O2. The minimum absolute atomic E-state index is 0.382. The van der Waals surface area contributed by atoms with Gasteiger partial charge in [0, 0.05) is 31.8 Å². The smallest absolute Gasteiger partial charge is 0.123 e. The summed E-state index contributed by atoms with van der Waals surface area (Å²) in [5.74, 6) is 0.976. The average molecular weight is 306 g/mol. The lowest BCUT2D eigenvalue weighted by atomic mass is 10.1. The molecule has 1 N–H and O–H groups in total. The van der Waals surface area contributed by atoms with E-state index in [1.165, 1.54) is 24.0 Å². The highest BCUT2D eigenvalue weighted by atomic mass is 16.5. The zero-order valence-corrected chi connectivity index (χ0v) is 14.2. The maximum absolute atomic E-state index is 5.64. The number of nitrogens with zero attached hydrogens (tertiary/aromatic N) is 1. The molecule has 0 amide bonds. The van der Waals surface area contributed by atoms with E-state index in [2.05, 4.69) is 42.3 Å². The molecule has 1 atom stereocenters. The number of nitrogens with one attached hydrogen (secondary N) is 1. The Labute approximate surface area is 134 Å². The van der Waals surface area contributed by atoms with Crippen LogP contribution in [0.5, 0.6) is 5.75 Å². The maximum Gasteiger partial charge on any atom is 0.123 e. The molecule has 0 aliphatic carbocycles. The fraction of sp³-hybridized carbons (Fsp3) is 0.667. The summed E-state index contributed by atoms with van der Waals surface area (Å²) in [6.07, 6.45) is 2.75. The van der Waals surface area contributed by atoms with Crippen molar-refractivity contribution in [3.05, 3.63) is 29.3 Å². The fourth-order valence-electron chi connectivity index (χ4n) is 2.91. The van der Waals surface area contributed by atoms with Crippen LogP contribution in [0.2, 0.25) is 0 Å². The van der Waals surface area contributed by atoms with Crippen LogP contribution < -0.4 is 10.1 Å². The lowest BCUT2D eigenvalue weighted by molar-refractivity contribution is 0.110. The van der Waals surface area contributed by atoms with E-state index in [1.807, 2.05) is 0 Å². The van der Waals surface area contributed by atoms with Crippen LogP contribution >= 0.6 is 0 Å². The second-order valence-electron chi connectivity index (χ2n) is 5.87. The largest absolute Gasteiger partial charge is 0.496 e. The summed E-state index contributed by atoms with van der Waals surface area (Å²) >= 11 is 0. The molecule has 124 valence electrons. The van der Waals surface area contributed by atoms with E-state index in [9.17, 15) is 0 Å². The summed E-state index contributed by atoms with van der Waals surface area (Å²) in [6.45, 7) is 10.2. The first kappa shape index (κ1) is 17.3. The van der Waals surface area contributed by atoms with Gasteiger partial charge in [0.1, 0.15) is 5.75 Å². The third-order valence-electron chi connectivity index (χ3n) is 4.36. The molecule has 1 heterocycles. The normalized spacial score (nSPS) is 18.1. The highest BCUT2D eigenvalue weighted by Gasteiger charge is 2.15. The van der Waals surface area contributed by atoms with Gasteiger partial charge < -0.3 is 14.8 Å². The minimum Gasteiger partial charge on any atom is -0.496 e. The van der Waals surface area contributed by atoms with E-state index >= 15 is 0 Å². The third kappa shape index (κ3) is 4.97. The first-order chi connectivity index (χ1) is 10.8. The van der Waals surface area contributed by atoms with E-state index in [4.69, 9.17) is 9.47 Å². The highest BCUT2D eigenvalue weighted by molar-refractivity contribution is 5.37. The third-order valence-corrected chi connectivity index (χ3v) is 4.36. The maximum atomic E-state index is 5.64. The van der Waals surface area contributed by atoms with Crippen LogP contribution in [0.15, 0.2) is 18.2 Å². The van der Waals surface area contributed by atoms with Crippen LogP contribution in [0.3, 0.4) is 0 Å². The van der Waals surface area contributed by atoms with Crippen LogP contribution in [0.25, 0.3) is 0 Å². The first-order valence-corrected chi connectivity index (χ1v) is 8.47. The van der Waals surface area contributed by atoms with Gasteiger partial charge in [0.05, 0.1) is 13.2 Å². The van der Waals surface area contributed by atoms with Crippen molar-refractivity contribution in [2.75, 3.05) is 33.4 Å². The number of methoxy groups -OCH3 is 1. The van der Waals surface area contributed by atoms with Gasteiger partial charge in [-0.25, -0.2) is 0 Å². The lowest BCUT2D eigenvalue weighted by Crippen LogP contribution is -2.26. The van der Waals surface area contributed by atoms with Crippen molar-refractivity contribution in [1.82, 2.24) is 10.2 Å². The molecule has 4 nitrogen and oxygen atoms in total. The van der Waals surface area contributed by atoms with E-state index in [1.54, 1.807) is 7.11 Å². The number of rotatable bonds is 9. The van der Waals surface area contributed by atoms with Crippen molar-refractivity contribution in [3.63, 3.8) is 0 Å². The standard InChI is InChI=1S/C18H30N2O2/c1-4-20(5-2)14-15-8-9-16(18(11-15)21-3)12-19-13-17-7-6-10-22-17/h8-9,11,17,19H,4-7,10,12-14H2,1-3H3. The van der Waals surface area contributed by atoms with Crippen molar-refractivity contribution in [3.8, 4) is 5.75 Å². The first-order valence-electron chi connectivity index (χ1n) is 8.47. The summed E-state index contributed by atoms with van der Waals surface area (Å²) in [6, 6.07) is 6.56. The quantitative estimate of drug-likeness (QED) is 0.761. The van der Waals surface area contributed by atoms with Gasteiger partial charge in [0.25, 0.3) is 0 Å². The average Bonchev–Trinajstić information content (AvgIpc) is 3.06. The molecule has 1 aliphatic rings. The van der Waals surface area contributed by atoms with Crippen LogP contribution in [0.1, 0.15) is 37.8 Å². The van der Waals surface area contributed by atoms with Gasteiger partial charge in [0.15, 0.2) is 0 Å². The molecule has 0 aromatic heterocycles. The number of ether oxygens (including phenoxy) is 2. The number of benzene rings is 1. The zero-order valence-electron chi connectivity index (χ0n) is 14.2. The predicted octanol–water partition coefficient (Wildman–Crippen LogP) is 2.81. The predicted molar refractivity (Wildman–Crippen MR) is 90.3 cm³/mol. The van der Waals surface area contributed by atoms with Crippen molar-refractivity contribution in [2.24, 2.45) is 0 Å². The van der Waals surface area contributed by atoms with E-state index in [0.717, 1.165) is 45.1 Å². The van der Waals surface area contributed by atoms with Gasteiger partial charge in [-0.3, -0.25) is 4.90 Å². The van der Waals surface area contributed by atoms with E-state index < -0.39 is 0 Å². The molecule has 22 heavy (non-hydrogen) atoms. The zero-order chi connectivity index (χ0) is 15.8.